The summed E-state index contributed by atoms with van der Waals surface area (Å²) in [6, 6.07) is 5.80. The predicted octanol–water partition coefficient (Wildman–Crippen LogP) is 5.22. The minimum absolute atomic E-state index is 0.00126. The first-order chi connectivity index (χ1) is 14.9. The lowest BCUT2D eigenvalue weighted by Crippen LogP contribution is -2.30. The first-order valence-electron chi connectivity index (χ1n) is 11.5. The molecule has 0 fully saturated rings. The lowest BCUT2D eigenvalue weighted by atomic mass is 9.92. The normalized spacial score (nSPS) is 13.4. The molecule has 0 spiro atoms. The molecule has 0 amide bonds. The Labute approximate surface area is 188 Å². The van der Waals surface area contributed by atoms with Crippen molar-refractivity contribution in [2.45, 2.75) is 66.2 Å². The van der Waals surface area contributed by atoms with Crippen LogP contribution in [0.5, 0.6) is 0 Å². The quantitative estimate of drug-likeness (QED) is 0.154. The highest BCUT2D eigenvalue weighted by Crippen LogP contribution is 2.28. The van der Waals surface area contributed by atoms with E-state index in [1.807, 2.05) is 30.0 Å². The summed E-state index contributed by atoms with van der Waals surface area (Å²) in [5.41, 5.74) is 3.35. The highest BCUT2D eigenvalue weighted by Gasteiger charge is 2.18. The van der Waals surface area contributed by atoms with Crippen LogP contribution in [0.25, 0.3) is 0 Å². The second-order valence-electron chi connectivity index (χ2n) is 8.29. The molecule has 0 aliphatic heterocycles. The summed E-state index contributed by atoms with van der Waals surface area (Å²) >= 11 is 0. The Bertz CT molecular complexity index is 739. The Hall–Kier alpha value is -2.11. The molecular formula is C26H41NO4. The lowest BCUT2D eigenvalue weighted by Gasteiger charge is -2.29. The molecule has 0 aliphatic carbocycles. The number of carbonyl (C=O) groups is 1. The summed E-state index contributed by atoms with van der Waals surface area (Å²) < 4.78 is 0. The minimum Gasteiger partial charge on any atom is -0.508 e. The third-order valence-corrected chi connectivity index (χ3v) is 5.64. The van der Waals surface area contributed by atoms with Crippen molar-refractivity contribution < 1.29 is 20.1 Å². The number of carbonyl (C=O) groups excluding carboxylic acids is 1. The minimum atomic E-state index is -0.246. The van der Waals surface area contributed by atoms with Crippen LogP contribution in [0.2, 0.25) is 0 Å². The lowest BCUT2D eigenvalue weighted by molar-refractivity contribution is 0.101. The molecule has 5 nitrogen and oxygen atoms in total. The van der Waals surface area contributed by atoms with Gasteiger partial charge in [-0.1, -0.05) is 64.2 Å². The van der Waals surface area contributed by atoms with E-state index in [4.69, 9.17) is 5.11 Å². The van der Waals surface area contributed by atoms with Crippen LogP contribution in [-0.2, 0) is 6.42 Å². The molecule has 0 bridgehead atoms. The summed E-state index contributed by atoms with van der Waals surface area (Å²) in [5.74, 6) is 0.541. The molecule has 174 valence electrons. The highest BCUT2D eigenvalue weighted by molar-refractivity contribution is 5.95. The van der Waals surface area contributed by atoms with Gasteiger partial charge in [-0.15, -0.1) is 0 Å². The SMILES string of the molecule is C/C=C(CN(CCO)c1cc(C(C)=O)ccc1CC(C)CCCCCC)\C(O)=C/CO. The van der Waals surface area contributed by atoms with Gasteiger partial charge >= 0.3 is 0 Å². The molecule has 0 aromatic heterocycles. The van der Waals surface area contributed by atoms with E-state index in [0.29, 0.717) is 30.1 Å². The summed E-state index contributed by atoms with van der Waals surface area (Å²) in [7, 11) is 0. The third kappa shape index (κ3) is 9.28. The molecule has 1 atom stereocenters. The molecule has 1 unspecified atom stereocenters. The number of ketones is 1. The Morgan fingerprint density at radius 3 is 2.52 bits per heavy atom. The Kier molecular flexibility index (Phi) is 12.9. The monoisotopic (exact) mass is 431 g/mol. The molecule has 0 heterocycles. The maximum absolute atomic E-state index is 12.0. The topological polar surface area (TPSA) is 81.0 Å². The molecule has 0 radical (unpaired) electrons. The van der Waals surface area contributed by atoms with Gasteiger partial charge in [0.2, 0.25) is 0 Å². The van der Waals surface area contributed by atoms with Gasteiger partial charge in [-0.2, -0.15) is 0 Å². The zero-order valence-corrected chi connectivity index (χ0v) is 19.7. The second-order valence-corrected chi connectivity index (χ2v) is 8.29. The van der Waals surface area contributed by atoms with E-state index in [-0.39, 0.29) is 24.8 Å². The Morgan fingerprint density at radius 1 is 1.19 bits per heavy atom. The van der Waals surface area contributed by atoms with Crippen LogP contribution < -0.4 is 4.90 Å². The van der Waals surface area contributed by atoms with E-state index in [0.717, 1.165) is 24.1 Å². The Balaban J connectivity index is 3.20. The maximum Gasteiger partial charge on any atom is 0.159 e. The van der Waals surface area contributed by atoms with Gasteiger partial charge in [0.15, 0.2) is 5.78 Å². The van der Waals surface area contributed by atoms with Gasteiger partial charge in [0.05, 0.1) is 13.2 Å². The molecule has 1 aromatic carbocycles. The van der Waals surface area contributed by atoms with Crippen molar-refractivity contribution in [1.82, 2.24) is 0 Å². The van der Waals surface area contributed by atoms with Crippen LogP contribution in [0.1, 0.15) is 75.7 Å². The van der Waals surface area contributed by atoms with Gasteiger partial charge in [0.25, 0.3) is 0 Å². The number of anilines is 1. The van der Waals surface area contributed by atoms with Gasteiger partial charge in [-0.25, -0.2) is 0 Å². The molecule has 1 rings (SSSR count). The number of aliphatic hydroxyl groups excluding tert-OH is 3. The molecule has 0 saturated carbocycles. The summed E-state index contributed by atoms with van der Waals surface area (Å²) in [6.07, 6.45) is 10.2. The van der Waals surface area contributed by atoms with E-state index in [2.05, 4.69) is 13.8 Å². The fourth-order valence-electron chi connectivity index (χ4n) is 3.80. The van der Waals surface area contributed by atoms with Crippen LogP contribution in [0.4, 0.5) is 5.69 Å². The first kappa shape index (κ1) is 26.9. The van der Waals surface area contributed by atoms with E-state index < -0.39 is 0 Å². The maximum atomic E-state index is 12.0. The van der Waals surface area contributed by atoms with Crippen LogP contribution in [-0.4, -0.2) is 47.4 Å². The number of rotatable bonds is 15. The van der Waals surface area contributed by atoms with Crippen molar-refractivity contribution in [2.75, 3.05) is 31.2 Å². The van der Waals surface area contributed by atoms with Gasteiger partial charge in [-0.05, 0) is 43.9 Å². The fraction of sp³-hybridized carbons (Fsp3) is 0.577. The molecule has 1 aromatic rings. The molecular weight excluding hydrogens is 390 g/mol. The van der Waals surface area contributed by atoms with Crippen molar-refractivity contribution in [2.24, 2.45) is 5.92 Å². The fourth-order valence-corrected chi connectivity index (χ4v) is 3.80. The van der Waals surface area contributed by atoms with E-state index in [1.165, 1.54) is 31.8 Å². The average molecular weight is 432 g/mol. The van der Waals surface area contributed by atoms with Gasteiger partial charge in [0.1, 0.15) is 5.76 Å². The Morgan fingerprint density at radius 2 is 1.94 bits per heavy atom. The summed E-state index contributed by atoms with van der Waals surface area (Å²) in [4.78, 5) is 14.0. The summed E-state index contributed by atoms with van der Waals surface area (Å²) in [6.45, 7) is 8.33. The van der Waals surface area contributed by atoms with Crippen molar-refractivity contribution in [3.8, 4) is 0 Å². The van der Waals surface area contributed by atoms with Gasteiger partial charge in [-0.3, -0.25) is 4.79 Å². The predicted molar refractivity (Wildman–Crippen MR) is 129 cm³/mol. The second kappa shape index (κ2) is 14.8. The number of unbranched alkanes of at least 4 members (excludes halogenated alkanes) is 3. The molecule has 0 saturated heterocycles. The van der Waals surface area contributed by atoms with Gasteiger partial charge < -0.3 is 20.2 Å². The van der Waals surface area contributed by atoms with E-state index >= 15 is 0 Å². The largest absolute Gasteiger partial charge is 0.508 e. The number of nitrogens with zero attached hydrogens (tertiary/aromatic N) is 1. The average Bonchev–Trinajstić information content (AvgIpc) is 2.74. The zero-order valence-electron chi connectivity index (χ0n) is 19.7. The van der Waals surface area contributed by atoms with Crippen molar-refractivity contribution in [3.05, 3.63) is 52.8 Å². The van der Waals surface area contributed by atoms with Crippen molar-refractivity contribution >= 4 is 11.5 Å². The van der Waals surface area contributed by atoms with Crippen molar-refractivity contribution in [1.29, 1.82) is 0 Å². The molecule has 3 N–H and O–H groups in total. The number of hydrogen-bond acceptors (Lipinski definition) is 5. The van der Waals surface area contributed by atoms with Crippen molar-refractivity contribution in [3.63, 3.8) is 0 Å². The van der Waals surface area contributed by atoms with E-state index in [9.17, 15) is 15.0 Å². The molecule has 5 heteroatoms. The highest BCUT2D eigenvalue weighted by atomic mass is 16.3. The molecule has 0 aliphatic rings. The zero-order chi connectivity index (χ0) is 23.2. The summed E-state index contributed by atoms with van der Waals surface area (Å²) in [5, 5.41) is 29.1. The smallest absolute Gasteiger partial charge is 0.159 e. The van der Waals surface area contributed by atoms with Gasteiger partial charge in [0, 0.05) is 29.9 Å². The number of aliphatic hydroxyl groups is 3. The number of benzene rings is 1. The van der Waals surface area contributed by atoms with Crippen LogP contribution in [0, 0.1) is 5.92 Å². The van der Waals surface area contributed by atoms with Crippen LogP contribution in [0.3, 0.4) is 0 Å². The molecule has 31 heavy (non-hydrogen) atoms. The van der Waals surface area contributed by atoms with E-state index in [1.54, 1.807) is 13.0 Å². The number of hydrogen-bond donors (Lipinski definition) is 3. The first-order valence-corrected chi connectivity index (χ1v) is 11.5. The third-order valence-electron chi connectivity index (χ3n) is 5.64. The number of allylic oxidation sites excluding steroid dienone is 1. The van der Waals surface area contributed by atoms with Crippen LogP contribution in [0.15, 0.2) is 41.7 Å². The van der Waals surface area contributed by atoms with Crippen LogP contribution >= 0.6 is 0 Å². The number of Topliss-reactive ketones (excluding diaryl/α,β-unsaturated/α-hetero) is 1. The standard InChI is InChI=1S/C26H41NO4/c1-5-7-8-9-10-20(3)17-24-12-11-23(21(4)30)18-25(24)27(14-16-29)19-22(6-2)26(31)13-15-28/h6,11-13,18,20,28-29,31H,5,7-10,14-17,19H2,1-4H3/b22-6-,26-13+.